The van der Waals surface area contributed by atoms with Gasteiger partial charge in [0.2, 0.25) is 0 Å². The molecule has 1 aliphatic heterocycles. The molecule has 1 heterocycles. The maximum Gasteiger partial charge on any atom is 0.127 e. The summed E-state index contributed by atoms with van der Waals surface area (Å²) in [5.41, 5.74) is 7.90. The van der Waals surface area contributed by atoms with Crippen LogP contribution in [0.3, 0.4) is 0 Å². The van der Waals surface area contributed by atoms with Crippen molar-refractivity contribution in [3.8, 4) is 5.75 Å². The van der Waals surface area contributed by atoms with Gasteiger partial charge in [0.05, 0.1) is 12.6 Å². The zero-order valence-corrected chi connectivity index (χ0v) is 11.7. The van der Waals surface area contributed by atoms with Crippen LogP contribution in [-0.4, -0.2) is 6.61 Å². The van der Waals surface area contributed by atoms with Crippen LogP contribution in [0.15, 0.2) is 42.5 Å². The van der Waals surface area contributed by atoms with Crippen molar-refractivity contribution in [1.29, 1.82) is 0 Å². The molecule has 0 radical (unpaired) electrons. The molecule has 1 aliphatic rings. The molecule has 3 heteroatoms. The number of para-hydroxylation sites is 1. The van der Waals surface area contributed by atoms with E-state index in [4.69, 9.17) is 10.6 Å². The predicted molar refractivity (Wildman–Crippen MR) is 80.6 cm³/mol. The van der Waals surface area contributed by atoms with Gasteiger partial charge in [-0.15, -0.1) is 0 Å². The van der Waals surface area contributed by atoms with Gasteiger partial charge in [-0.25, -0.2) is 5.43 Å². The molecule has 0 amide bonds. The Hall–Kier alpha value is -1.84. The van der Waals surface area contributed by atoms with Crippen molar-refractivity contribution >= 4 is 0 Å². The Morgan fingerprint density at radius 1 is 1.15 bits per heavy atom. The van der Waals surface area contributed by atoms with Crippen LogP contribution in [0.25, 0.3) is 0 Å². The van der Waals surface area contributed by atoms with Crippen LogP contribution >= 0.6 is 0 Å². The molecule has 0 aliphatic carbocycles. The van der Waals surface area contributed by atoms with Crippen molar-refractivity contribution in [2.45, 2.75) is 25.8 Å². The normalized spacial score (nSPS) is 14.7. The molecule has 3 N–H and O–H groups in total. The number of aryl methyl sites for hydroxylation is 1. The van der Waals surface area contributed by atoms with Crippen LogP contribution in [0, 0.1) is 0 Å². The van der Waals surface area contributed by atoms with Crippen LogP contribution in [-0.2, 0) is 12.8 Å². The van der Waals surface area contributed by atoms with Crippen molar-refractivity contribution in [3.05, 3.63) is 64.7 Å². The number of hydrogen-bond donors (Lipinski definition) is 2. The fourth-order valence-corrected chi connectivity index (χ4v) is 2.95. The van der Waals surface area contributed by atoms with Crippen LogP contribution < -0.4 is 16.0 Å². The number of hydrazine groups is 1. The molecule has 20 heavy (non-hydrogen) atoms. The van der Waals surface area contributed by atoms with Crippen LogP contribution in [0.1, 0.15) is 35.2 Å². The maximum absolute atomic E-state index is 5.85. The summed E-state index contributed by atoms with van der Waals surface area (Å²) in [6.45, 7) is 2.93. The lowest BCUT2D eigenvalue weighted by molar-refractivity contribution is 0.350. The van der Waals surface area contributed by atoms with Gasteiger partial charge in [-0.05, 0) is 23.1 Å². The number of fused-ring (bicyclic) bond motifs is 1. The highest BCUT2D eigenvalue weighted by Gasteiger charge is 2.23. The fourth-order valence-electron chi connectivity index (χ4n) is 2.95. The predicted octanol–water partition coefficient (Wildman–Crippen LogP) is 2.74. The van der Waals surface area contributed by atoms with Gasteiger partial charge in [0.15, 0.2) is 0 Å². The lowest BCUT2D eigenvalue weighted by Gasteiger charge is -2.21. The van der Waals surface area contributed by atoms with Crippen molar-refractivity contribution in [2.24, 2.45) is 5.84 Å². The van der Waals surface area contributed by atoms with Gasteiger partial charge in [0.25, 0.3) is 0 Å². The number of nitrogens with two attached hydrogens (primary N) is 1. The second-order valence-electron chi connectivity index (χ2n) is 5.09. The van der Waals surface area contributed by atoms with Crippen LogP contribution in [0.4, 0.5) is 0 Å². The Morgan fingerprint density at radius 2 is 1.95 bits per heavy atom. The monoisotopic (exact) mass is 268 g/mol. The third-order valence-corrected chi connectivity index (χ3v) is 3.97. The Morgan fingerprint density at radius 3 is 2.75 bits per heavy atom. The van der Waals surface area contributed by atoms with Crippen molar-refractivity contribution in [2.75, 3.05) is 6.61 Å². The quantitative estimate of drug-likeness (QED) is 0.662. The van der Waals surface area contributed by atoms with Gasteiger partial charge < -0.3 is 4.74 Å². The minimum absolute atomic E-state index is 0.0285. The molecule has 1 atom stereocenters. The number of nitrogens with one attached hydrogen (secondary N) is 1. The minimum Gasteiger partial charge on any atom is -0.493 e. The van der Waals surface area contributed by atoms with Crippen LogP contribution in [0.5, 0.6) is 5.75 Å². The van der Waals surface area contributed by atoms with Gasteiger partial charge in [-0.3, -0.25) is 5.84 Å². The summed E-state index contributed by atoms with van der Waals surface area (Å²) in [6.07, 6.45) is 1.97. The van der Waals surface area contributed by atoms with E-state index in [0.29, 0.717) is 0 Å². The molecule has 0 aromatic heterocycles. The average molecular weight is 268 g/mol. The number of benzene rings is 2. The average Bonchev–Trinajstić information content (AvgIpc) is 2.98. The summed E-state index contributed by atoms with van der Waals surface area (Å²) < 4.78 is 5.81. The molecule has 0 saturated heterocycles. The first-order valence-electron chi connectivity index (χ1n) is 7.13. The highest BCUT2D eigenvalue weighted by molar-refractivity contribution is 5.49. The standard InChI is InChI=1S/C17H20N2O/c1-2-12-6-3-4-8-14(12)16(19-18)15-9-5-7-13-10-11-20-17(13)15/h3-9,16,19H,2,10-11,18H2,1H3. The molecule has 3 rings (SSSR count). The van der Waals surface area contributed by atoms with E-state index in [1.807, 2.05) is 0 Å². The van der Waals surface area contributed by atoms with E-state index in [1.54, 1.807) is 0 Å². The number of hydrogen-bond acceptors (Lipinski definition) is 3. The van der Waals surface area contributed by atoms with E-state index in [-0.39, 0.29) is 6.04 Å². The smallest absolute Gasteiger partial charge is 0.127 e. The molecule has 2 aromatic carbocycles. The van der Waals surface area contributed by atoms with Gasteiger partial charge >= 0.3 is 0 Å². The van der Waals surface area contributed by atoms with E-state index >= 15 is 0 Å². The Kier molecular flexibility index (Phi) is 3.72. The molecule has 0 saturated carbocycles. The molecular formula is C17H20N2O. The second kappa shape index (κ2) is 5.65. The van der Waals surface area contributed by atoms with Crippen LogP contribution in [0.2, 0.25) is 0 Å². The highest BCUT2D eigenvalue weighted by atomic mass is 16.5. The lowest BCUT2D eigenvalue weighted by Crippen LogP contribution is -2.29. The van der Waals surface area contributed by atoms with Gasteiger partial charge in [-0.1, -0.05) is 49.4 Å². The second-order valence-corrected chi connectivity index (χ2v) is 5.09. The van der Waals surface area contributed by atoms with E-state index in [9.17, 15) is 0 Å². The first-order chi connectivity index (χ1) is 9.85. The largest absolute Gasteiger partial charge is 0.493 e. The summed E-state index contributed by atoms with van der Waals surface area (Å²) in [5, 5.41) is 0. The molecule has 2 aromatic rings. The van der Waals surface area contributed by atoms with E-state index in [2.05, 4.69) is 54.8 Å². The topological polar surface area (TPSA) is 47.3 Å². The van der Waals surface area contributed by atoms with Gasteiger partial charge in [0.1, 0.15) is 5.75 Å². The first-order valence-corrected chi connectivity index (χ1v) is 7.13. The summed E-state index contributed by atoms with van der Waals surface area (Å²) >= 11 is 0. The number of rotatable bonds is 4. The highest BCUT2D eigenvalue weighted by Crippen LogP contribution is 2.36. The zero-order chi connectivity index (χ0) is 13.9. The third kappa shape index (κ3) is 2.19. The molecule has 3 nitrogen and oxygen atoms in total. The summed E-state index contributed by atoms with van der Waals surface area (Å²) in [7, 11) is 0. The lowest BCUT2D eigenvalue weighted by atomic mass is 9.92. The number of ether oxygens (including phenoxy) is 1. The Bertz CT molecular complexity index is 610. The molecule has 104 valence electrons. The van der Waals surface area contributed by atoms with Gasteiger partial charge in [0, 0.05) is 12.0 Å². The zero-order valence-electron chi connectivity index (χ0n) is 11.7. The molecule has 0 fully saturated rings. The van der Waals surface area contributed by atoms with E-state index in [0.717, 1.165) is 30.8 Å². The fraction of sp³-hybridized carbons (Fsp3) is 0.294. The van der Waals surface area contributed by atoms with Crippen molar-refractivity contribution < 1.29 is 4.74 Å². The first kappa shape index (κ1) is 13.2. The van der Waals surface area contributed by atoms with Gasteiger partial charge in [-0.2, -0.15) is 0 Å². The molecule has 0 bridgehead atoms. The van der Waals surface area contributed by atoms with E-state index in [1.165, 1.54) is 16.7 Å². The van der Waals surface area contributed by atoms with Crippen molar-refractivity contribution in [3.63, 3.8) is 0 Å². The summed E-state index contributed by atoms with van der Waals surface area (Å²) in [5.74, 6) is 6.85. The molecule has 1 unspecified atom stereocenters. The Labute approximate surface area is 119 Å². The summed E-state index contributed by atoms with van der Waals surface area (Å²) in [6, 6.07) is 14.7. The Balaban J connectivity index is 2.09. The SMILES string of the molecule is CCc1ccccc1C(NN)c1cccc2c1OCC2. The summed E-state index contributed by atoms with van der Waals surface area (Å²) in [4.78, 5) is 0. The molecular weight excluding hydrogens is 248 g/mol. The van der Waals surface area contributed by atoms with Crippen molar-refractivity contribution in [1.82, 2.24) is 5.43 Å². The van der Waals surface area contributed by atoms with E-state index < -0.39 is 0 Å². The maximum atomic E-state index is 5.85. The minimum atomic E-state index is -0.0285. The molecule has 0 spiro atoms. The third-order valence-electron chi connectivity index (χ3n) is 3.97.